The van der Waals surface area contributed by atoms with E-state index >= 15 is 0 Å². The minimum atomic E-state index is -0.674. The lowest BCUT2D eigenvalue weighted by molar-refractivity contribution is 0.191. The number of halogens is 1. The summed E-state index contributed by atoms with van der Waals surface area (Å²) in [6.45, 7) is 2.09. The summed E-state index contributed by atoms with van der Waals surface area (Å²) in [4.78, 5) is 0. The molecule has 2 aromatic rings. The van der Waals surface area contributed by atoms with Gasteiger partial charge in [-0.2, -0.15) is 0 Å². The number of rotatable bonds is 5. The molecule has 0 heterocycles. The summed E-state index contributed by atoms with van der Waals surface area (Å²) in [6.07, 6.45) is 0.0729. The smallest absolute Gasteiger partial charge is 0.128 e. The molecule has 0 unspecified atom stereocenters. The average Bonchev–Trinajstić information content (AvgIpc) is 2.39. The van der Waals surface area contributed by atoms with E-state index < -0.39 is 6.10 Å². The molecule has 2 rings (SSSR count). The Morgan fingerprint density at radius 1 is 1.16 bits per heavy atom. The Kier molecular flexibility index (Phi) is 4.53. The van der Waals surface area contributed by atoms with Gasteiger partial charge in [0.15, 0.2) is 0 Å². The van der Waals surface area contributed by atoms with Crippen LogP contribution in [0.2, 0.25) is 0 Å². The van der Waals surface area contributed by atoms with Crippen molar-refractivity contribution in [1.29, 1.82) is 0 Å². The zero-order chi connectivity index (χ0) is 13.7. The highest BCUT2D eigenvalue weighted by molar-refractivity contribution is 5.35. The zero-order valence-electron chi connectivity index (χ0n) is 10.8. The van der Waals surface area contributed by atoms with Gasteiger partial charge in [0.05, 0.1) is 12.7 Å². The van der Waals surface area contributed by atoms with Gasteiger partial charge in [0.2, 0.25) is 0 Å². The van der Waals surface area contributed by atoms with Crippen molar-refractivity contribution >= 4 is 0 Å². The Hall–Kier alpha value is -1.87. The molecule has 0 amide bonds. The fourth-order valence-corrected chi connectivity index (χ4v) is 1.90. The molecule has 1 atom stereocenters. The van der Waals surface area contributed by atoms with Crippen molar-refractivity contribution in [3.8, 4) is 5.75 Å². The summed E-state index contributed by atoms with van der Waals surface area (Å²) in [6, 6.07) is 14.1. The van der Waals surface area contributed by atoms with E-state index in [-0.39, 0.29) is 5.82 Å². The maximum Gasteiger partial charge on any atom is 0.128 e. The third-order valence-corrected chi connectivity index (χ3v) is 2.92. The van der Waals surface area contributed by atoms with Crippen LogP contribution in [0.4, 0.5) is 4.39 Å². The van der Waals surface area contributed by atoms with Crippen LogP contribution in [0, 0.1) is 5.82 Å². The van der Waals surface area contributed by atoms with Crippen LogP contribution in [-0.4, -0.2) is 11.7 Å². The molecule has 0 spiro atoms. The van der Waals surface area contributed by atoms with E-state index in [1.165, 1.54) is 12.1 Å². The van der Waals surface area contributed by atoms with Gasteiger partial charge in [0.25, 0.3) is 0 Å². The highest BCUT2D eigenvalue weighted by Gasteiger charge is 2.10. The van der Waals surface area contributed by atoms with Crippen LogP contribution in [-0.2, 0) is 6.42 Å². The van der Waals surface area contributed by atoms with Gasteiger partial charge >= 0.3 is 0 Å². The van der Waals surface area contributed by atoms with Crippen molar-refractivity contribution < 1.29 is 14.2 Å². The van der Waals surface area contributed by atoms with Crippen molar-refractivity contribution in [2.45, 2.75) is 19.4 Å². The summed E-state index contributed by atoms with van der Waals surface area (Å²) in [5.74, 6) is 0.0463. The lowest BCUT2D eigenvalue weighted by Crippen LogP contribution is -2.05. The topological polar surface area (TPSA) is 29.5 Å². The number of hydrogen-bond donors (Lipinski definition) is 1. The molecule has 0 aromatic heterocycles. The van der Waals surface area contributed by atoms with Crippen molar-refractivity contribution in [2.75, 3.05) is 6.61 Å². The Morgan fingerprint density at radius 2 is 1.89 bits per heavy atom. The van der Waals surface area contributed by atoms with E-state index in [1.54, 1.807) is 13.0 Å². The monoisotopic (exact) mass is 260 g/mol. The molecule has 0 saturated heterocycles. The fraction of sp³-hybridized carbons (Fsp3) is 0.250. The summed E-state index contributed by atoms with van der Waals surface area (Å²) < 4.78 is 18.8. The maximum absolute atomic E-state index is 13.2. The summed E-state index contributed by atoms with van der Waals surface area (Å²) in [7, 11) is 0. The molecular weight excluding hydrogens is 243 g/mol. The Balaban J connectivity index is 2.01. The van der Waals surface area contributed by atoms with Gasteiger partial charge in [-0.1, -0.05) is 30.3 Å². The second-order valence-electron chi connectivity index (χ2n) is 4.44. The second-order valence-corrected chi connectivity index (χ2v) is 4.44. The van der Waals surface area contributed by atoms with Gasteiger partial charge in [0, 0.05) is 18.1 Å². The van der Waals surface area contributed by atoms with E-state index in [0.29, 0.717) is 17.9 Å². The first-order chi connectivity index (χ1) is 9.16. The molecule has 0 radical (unpaired) electrons. The standard InChI is InChI=1S/C16H17FO2/c1-12(18)15-8-7-14(17)11-16(15)19-10-9-13-5-3-2-4-6-13/h2-8,11-12,18H,9-10H2,1H3/t12-/m1/s1. The van der Waals surface area contributed by atoms with Crippen LogP contribution >= 0.6 is 0 Å². The normalized spacial score (nSPS) is 12.2. The number of ether oxygens (including phenoxy) is 1. The van der Waals surface area contributed by atoms with E-state index in [9.17, 15) is 9.50 Å². The average molecular weight is 260 g/mol. The maximum atomic E-state index is 13.2. The van der Waals surface area contributed by atoms with Gasteiger partial charge < -0.3 is 9.84 Å². The van der Waals surface area contributed by atoms with Crippen molar-refractivity contribution in [2.24, 2.45) is 0 Å². The van der Waals surface area contributed by atoms with Crippen LogP contribution in [0.5, 0.6) is 5.75 Å². The van der Waals surface area contributed by atoms with E-state index in [2.05, 4.69) is 0 Å². The third kappa shape index (κ3) is 3.80. The lowest BCUT2D eigenvalue weighted by Gasteiger charge is -2.13. The highest BCUT2D eigenvalue weighted by Crippen LogP contribution is 2.26. The molecule has 0 aliphatic rings. The largest absolute Gasteiger partial charge is 0.493 e. The zero-order valence-corrected chi connectivity index (χ0v) is 10.8. The SMILES string of the molecule is C[C@@H](O)c1ccc(F)cc1OCCc1ccccc1. The number of aliphatic hydroxyl groups excluding tert-OH is 1. The molecule has 0 aliphatic heterocycles. The van der Waals surface area contributed by atoms with E-state index in [1.807, 2.05) is 30.3 Å². The molecule has 2 nitrogen and oxygen atoms in total. The van der Waals surface area contributed by atoms with Crippen LogP contribution in [0.25, 0.3) is 0 Å². The molecule has 0 aliphatic carbocycles. The van der Waals surface area contributed by atoms with Gasteiger partial charge in [-0.3, -0.25) is 0 Å². The van der Waals surface area contributed by atoms with Crippen LogP contribution in [0.15, 0.2) is 48.5 Å². The minimum absolute atomic E-state index is 0.362. The second kappa shape index (κ2) is 6.34. The molecular formula is C16H17FO2. The van der Waals surface area contributed by atoms with Gasteiger partial charge in [0.1, 0.15) is 11.6 Å². The molecule has 0 fully saturated rings. The molecule has 3 heteroatoms. The predicted octanol–water partition coefficient (Wildman–Crippen LogP) is 3.50. The Morgan fingerprint density at radius 3 is 2.58 bits per heavy atom. The quantitative estimate of drug-likeness (QED) is 0.891. The summed E-state index contributed by atoms with van der Waals surface area (Å²) in [5, 5.41) is 9.61. The van der Waals surface area contributed by atoms with Gasteiger partial charge in [-0.15, -0.1) is 0 Å². The van der Waals surface area contributed by atoms with E-state index in [4.69, 9.17) is 4.74 Å². The third-order valence-electron chi connectivity index (χ3n) is 2.92. The van der Waals surface area contributed by atoms with Crippen LogP contribution in [0.1, 0.15) is 24.2 Å². The molecule has 0 bridgehead atoms. The molecule has 100 valence electrons. The van der Waals surface area contributed by atoms with E-state index in [0.717, 1.165) is 12.0 Å². The van der Waals surface area contributed by atoms with Crippen LogP contribution in [0.3, 0.4) is 0 Å². The Labute approximate surface area is 112 Å². The first-order valence-corrected chi connectivity index (χ1v) is 6.31. The molecule has 2 aromatic carbocycles. The Bertz CT molecular complexity index is 524. The summed E-state index contributed by atoms with van der Waals surface area (Å²) in [5.41, 5.74) is 1.77. The lowest BCUT2D eigenvalue weighted by atomic mass is 10.1. The number of hydrogen-bond acceptors (Lipinski definition) is 2. The highest BCUT2D eigenvalue weighted by atomic mass is 19.1. The number of aliphatic hydroxyl groups is 1. The molecule has 19 heavy (non-hydrogen) atoms. The van der Waals surface area contributed by atoms with Gasteiger partial charge in [-0.25, -0.2) is 4.39 Å². The minimum Gasteiger partial charge on any atom is -0.493 e. The first-order valence-electron chi connectivity index (χ1n) is 6.31. The number of benzene rings is 2. The summed E-state index contributed by atoms with van der Waals surface area (Å²) >= 11 is 0. The predicted molar refractivity (Wildman–Crippen MR) is 72.7 cm³/mol. The van der Waals surface area contributed by atoms with Gasteiger partial charge in [-0.05, 0) is 24.6 Å². The van der Waals surface area contributed by atoms with Crippen molar-refractivity contribution in [3.63, 3.8) is 0 Å². The first kappa shape index (κ1) is 13.6. The molecule has 1 N–H and O–H groups in total. The fourth-order valence-electron chi connectivity index (χ4n) is 1.90. The van der Waals surface area contributed by atoms with Crippen molar-refractivity contribution in [1.82, 2.24) is 0 Å². The van der Waals surface area contributed by atoms with Crippen molar-refractivity contribution in [3.05, 3.63) is 65.5 Å². The van der Waals surface area contributed by atoms with Crippen LogP contribution < -0.4 is 4.74 Å². The molecule has 0 saturated carbocycles.